The van der Waals surface area contributed by atoms with Gasteiger partial charge in [-0.3, -0.25) is 10.1 Å². The molecule has 8 heteroatoms. The molecule has 0 saturated heterocycles. The maximum absolute atomic E-state index is 11.9. The second-order valence-electron chi connectivity index (χ2n) is 4.47. The van der Waals surface area contributed by atoms with Crippen molar-refractivity contribution in [2.45, 2.75) is 31.1 Å². The van der Waals surface area contributed by atoms with Crippen molar-refractivity contribution in [2.75, 3.05) is 19.8 Å². The third-order valence-corrected chi connectivity index (χ3v) is 4.23. The number of nitro benzene ring substituents is 1. The van der Waals surface area contributed by atoms with Crippen LogP contribution in [0.3, 0.4) is 0 Å². The second-order valence-corrected chi connectivity index (χ2v) is 6.24. The number of rotatable bonds is 10. The summed E-state index contributed by atoms with van der Waals surface area (Å²) in [6, 6.07) is 4.78. The Labute approximate surface area is 124 Å². The summed E-state index contributed by atoms with van der Waals surface area (Å²) in [6.07, 6.45) is 2.64. The van der Waals surface area contributed by atoms with Crippen LogP contribution in [-0.2, 0) is 14.8 Å². The van der Waals surface area contributed by atoms with Crippen molar-refractivity contribution in [3.8, 4) is 0 Å². The molecule has 0 radical (unpaired) electrons. The smallest absolute Gasteiger partial charge is 0.269 e. The summed E-state index contributed by atoms with van der Waals surface area (Å²) >= 11 is 0. The van der Waals surface area contributed by atoms with Crippen LogP contribution in [-0.4, -0.2) is 33.1 Å². The highest BCUT2D eigenvalue weighted by atomic mass is 32.2. The Balaban J connectivity index is 2.41. The number of nitrogens with zero attached hydrogens (tertiary/aromatic N) is 1. The van der Waals surface area contributed by atoms with Gasteiger partial charge < -0.3 is 4.74 Å². The largest absolute Gasteiger partial charge is 0.381 e. The molecule has 0 aliphatic rings. The van der Waals surface area contributed by atoms with E-state index in [-0.39, 0.29) is 17.1 Å². The van der Waals surface area contributed by atoms with Crippen molar-refractivity contribution >= 4 is 15.7 Å². The Morgan fingerprint density at radius 2 is 1.81 bits per heavy atom. The number of hydrogen-bond acceptors (Lipinski definition) is 5. The number of unbranched alkanes of at least 4 members (excludes halogenated alkanes) is 1. The molecular weight excluding hydrogens is 296 g/mol. The van der Waals surface area contributed by atoms with E-state index in [1.165, 1.54) is 24.3 Å². The van der Waals surface area contributed by atoms with E-state index in [2.05, 4.69) is 11.6 Å². The molecule has 1 aromatic carbocycles. The molecule has 0 spiro atoms. The molecule has 0 heterocycles. The third-order valence-electron chi connectivity index (χ3n) is 2.76. The Morgan fingerprint density at radius 3 is 2.38 bits per heavy atom. The minimum Gasteiger partial charge on any atom is -0.381 e. The van der Waals surface area contributed by atoms with Crippen molar-refractivity contribution in [3.63, 3.8) is 0 Å². The summed E-state index contributed by atoms with van der Waals surface area (Å²) < 4.78 is 31.6. The predicted molar refractivity (Wildman–Crippen MR) is 78.6 cm³/mol. The van der Waals surface area contributed by atoms with Crippen molar-refractivity contribution in [3.05, 3.63) is 34.4 Å². The fraction of sp³-hybridized carbons (Fsp3) is 0.538. The number of sulfonamides is 1. The van der Waals surface area contributed by atoms with Gasteiger partial charge in [-0.25, -0.2) is 13.1 Å². The molecule has 0 aliphatic carbocycles. The number of hydrogen-bond donors (Lipinski definition) is 1. The molecule has 0 saturated carbocycles. The van der Waals surface area contributed by atoms with Crippen LogP contribution in [0.5, 0.6) is 0 Å². The van der Waals surface area contributed by atoms with Crippen molar-refractivity contribution < 1.29 is 18.1 Å². The molecule has 0 amide bonds. The Morgan fingerprint density at radius 1 is 1.19 bits per heavy atom. The lowest BCUT2D eigenvalue weighted by Gasteiger charge is -2.07. The average Bonchev–Trinajstić information content (AvgIpc) is 2.46. The van der Waals surface area contributed by atoms with Crippen molar-refractivity contribution in [1.29, 1.82) is 0 Å². The van der Waals surface area contributed by atoms with E-state index in [0.717, 1.165) is 12.8 Å². The van der Waals surface area contributed by atoms with Gasteiger partial charge in [0, 0.05) is 31.9 Å². The first-order valence-electron chi connectivity index (χ1n) is 6.79. The average molecular weight is 316 g/mol. The van der Waals surface area contributed by atoms with E-state index in [4.69, 9.17) is 4.74 Å². The lowest BCUT2D eigenvalue weighted by molar-refractivity contribution is -0.384. The summed E-state index contributed by atoms with van der Waals surface area (Å²) in [5, 5.41) is 10.5. The summed E-state index contributed by atoms with van der Waals surface area (Å²) in [5.41, 5.74) is -0.140. The monoisotopic (exact) mass is 316 g/mol. The molecule has 0 aromatic heterocycles. The van der Waals surface area contributed by atoms with Gasteiger partial charge in [0.25, 0.3) is 5.69 Å². The van der Waals surface area contributed by atoms with E-state index in [9.17, 15) is 18.5 Å². The van der Waals surface area contributed by atoms with Crippen LogP contribution >= 0.6 is 0 Å². The van der Waals surface area contributed by atoms with Crippen LogP contribution in [0.1, 0.15) is 26.2 Å². The topological polar surface area (TPSA) is 98.5 Å². The fourth-order valence-corrected chi connectivity index (χ4v) is 2.63. The maximum Gasteiger partial charge on any atom is 0.269 e. The Hall–Kier alpha value is -1.51. The normalized spacial score (nSPS) is 11.5. The molecule has 7 nitrogen and oxygen atoms in total. The van der Waals surface area contributed by atoms with E-state index >= 15 is 0 Å². The summed E-state index contributed by atoms with van der Waals surface area (Å²) in [7, 11) is -3.63. The molecule has 0 bridgehead atoms. The molecule has 118 valence electrons. The van der Waals surface area contributed by atoms with E-state index < -0.39 is 14.9 Å². The van der Waals surface area contributed by atoms with E-state index in [1.807, 2.05) is 0 Å². The number of nitro groups is 1. The van der Waals surface area contributed by atoms with Crippen LogP contribution in [0.15, 0.2) is 29.2 Å². The number of nitrogens with one attached hydrogen (secondary N) is 1. The zero-order valence-electron chi connectivity index (χ0n) is 11.9. The number of ether oxygens (including phenoxy) is 1. The molecule has 0 fully saturated rings. The summed E-state index contributed by atoms with van der Waals surface area (Å²) in [5.74, 6) is 0. The molecule has 21 heavy (non-hydrogen) atoms. The van der Waals surface area contributed by atoms with Crippen LogP contribution in [0.25, 0.3) is 0 Å². The predicted octanol–water partition coefficient (Wildman–Crippen LogP) is 2.08. The molecule has 1 N–H and O–H groups in total. The highest BCUT2D eigenvalue weighted by Crippen LogP contribution is 2.15. The van der Waals surface area contributed by atoms with E-state index in [1.54, 1.807) is 0 Å². The van der Waals surface area contributed by atoms with Gasteiger partial charge in [-0.05, 0) is 25.0 Å². The first kappa shape index (κ1) is 17.5. The summed E-state index contributed by atoms with van der Waals surface area (Å²) in [4.78, 5) is 9.95. The van der Waals surface area contributed by atoms with Crippen LogP contribution in [0, 0.1) is 10.1 Å². The third kappa shape index (κ3) is 6.19. The number of benzene rings is 1. The first-order chi connectivity index (χ1) is 9.97. The van der Waals surface area contributed by atoms with Crippen molar-refractivity contribution in [2.24, 2.45) is 0 Å². The van der Waals surface area contributed by atoms with Crippen molar-refractivity contribution in [1.82, 2.24) is 4.72 Å². The van der Waals surface area contributed by atoms with Crippen LogP contribution in [0.4, 0.5) is 5.69 Å². The van der Waals surface area contributed by atoms with Gasteiger partial charge in [-0.1, -0.05) is 13.3 Å². The fourth-order valence-electron chi connectivity index (χ4n) is 1.56. The second kappa shape index (κ2) is 8.71. The van der Waals surface area contributed by atoms with Gasteiger partial charge in [0.05, 0.1) is 9.82 Å². The van der Waals surface area contributed by atoms with Gasteiger partial charge >= 0.3 is 0 Å². The van der Waals surface area contributed by atoms with Gasteiger partial charge in [0.15, 0.2) is 0 Å². The van der Waals surface area contributed by atoms with Gasteiger partial charge in [0.2, 0.25) is 10.0 Å². The SMILES string of the molecule is CCCCOCCCNS(=O)(=O)c1ccc([N+](=O)[O-])cc1. The standard InChI is InChI=1S/C13H20N2O5S/c1-2-3-10-20-11-4-9-14-21(18,19)13-7-5-12(6-8-13)15(16)17/h5-8,14H,2-4,9-11H2,1H3. The minimum absolute atomic E-state index is 0.0139. The van der Waals surface area contributed by atoms with E-state index in [0.29, 0.717) is 19.6 Å². The highest BCUT2D eigenvalue weighted by molar-refractivity contribution is 7.89. The highest BCUT2D eigenvalue weighted by Gasteiger charge is 2.14. The molecule has 0 aliphatic heterocycles. The van der Waals surface area contributed by atoms with Gasteiger partial charge in [0.1, 0.15) is 0 Å². The molecular formula is C13H20N2O5S. The lowest BCUT2D eigenvalue weighted by atomic mass is 10.3. The zero-order valence-corrected chi connectivity index (χ0v) is 12.8. The quantitative estimate of drug-likeness (QED) is 0.405. The molecule has 1 aromatic rings. The van der Waals surface area contributed by atoms with Gasteiger partial charge in [-0.2, -0.15) is 0 Å². The Bertz CT molecular complexity index is 542. The summed E-state index contributed by atoms with van der Waals surface area (Å²) in [6.45, 7) is 3.53. The Kier molecular flexibility index (Phi) is 7.27. The number of non-ortho nitro benzene ring substituents is 1. The molecule has 0 unspecified atom stereocenters. The zero-order chi connectivity index (χ0) is 15.7. The van der Waals surface area contributed by atoms with Crippen LogP contribution < -0.4 is 4.72 Å². The van der Waals surface area contributed by atoms with Gasteiger partial charge in [-0.15, -0.1) is 0 Å². The lowest BCUT2D eigenvalue weighted by Crippen LogP contribution is -2.25. The first-order valence-corrected chi connectivity index (χ1v) is 8.27. The molecule has 0 atom stereocenters. The van der Waals surface area contributed by atoms with Crippen LogP contribution in [0.2, 0.25) is 0 Å². The minimum atomic E-state index is -3.63. The maximum atomic E-state index is 11.9. The molecule has 1 rings (SSSR count).